The summed E-state index contributed by atoms with van der Waals surface area (Å²) in [7, 11) is -3.86. The molecule has 124 valence electrons. The van der Waals surface area contributed by atoms with Crippen molar-refractivity contribution in [1.82, 2.24) is 5.32 Å². The molecule has 0 fully saturated rings. The lowest BCUT2D eigenvalue weighted by Gasteiger charge is -2.31. The van der Waals surface area contributed by atoms with Crippen LogP contribution in [0.15, 0.2) is 18.2 Å². The van der Waals surface area contributed by atoms with Crippen LogP contribution in [0.4, 0.5) is 14.5 Å². The summed E-state index contributed by atoms with van der Waals surface area (Å²) in [6.45, 7) is 6.63. The molecule has 0 bridgehead atoms. The van der Waals surface area contributed by atoms with Crippen molar-refractivity contribution in [1.29, 1.82) is 0 Å². The molecule has 0 saturated carbocycles. The standard InChI is InChI=1S/C14H20F2N2O3S/c1-9(13(19)17-14(2,3)4)18(22(5,20)21)10-6-7-11(15)12(16)8-10/h6-9H,1-5H3,(H,17,19)/t9-/m0/s1. The number of carbonyl (C=O) groups excluding carboxylic acids is 1. The molecule has 8 heteroatoms. The minimum atomic E-state index is -3.86. The molecule has 0 aromatic heterocycles. The first-order valence-electron chi connectivity index (χ1n) is 6.59. The van der Waals surface area contributed by atoms with Gasteiger partial charge in [-0.2, -0.15) is 0 Å². The van der Waals surface area contributed by atoms with E-state index in [9.17, 15) is 22.0 Å². The summed E-state index contributed by atoms with van der Waals surface area (Å²) < 4.78 is 51.1. The van der Waals surface area contributed by atoms with E-state index >= 15 is 0 Å². The lowest BCUT2D eigenvalue weighted by atomic mass is 10.1. The van der Waals surface area contributed by atoms with Crippen LogP contribution in [0.25, 0.3) is 0 Å². The third-order valence-electron chi connectivity index (χ3n) is 2.74. The number of sulfonamides is 1. The summed E-state index contributed by atoms with van der Waals surface area (Å²) in [4.78, 5) is 12.2. The average molecular weight is 334 g/mol. The van der Waals surface area contributed by atoms with E-state index in [4.69, 9.17) is 0 Å². The predicted molar refractivity (Wildman–Crippen MR) is 81.0 cm³/mol. The van der Waals surface area contributed by atoms with Crippen LogP contribution in [0.2, 0.25) is 0 Å². The lowest BCUT2D eigenvalue weighted by molar-refractivity contribution is -0.123. The molecule has 1 N–H and O–H groups in total. The van der Waals surface area contributed by atoms with Gasteiger partial charge in [0.1, 0.15) is 6.04 Å². The summed E-state index contributed by atoms with van der Waals surface area (Å²) in [6, 6.07) is 1.56. The van der Waals surface area contributed by atoms with E-state index in [-0.39, 0.29) is 5.69 Å². The summed E-state index contributed by atoms with van der Waals surface area (Å²) in [6.07, 6.45) is 0.898. The molecule has 0 unspecified atom stereocenters. The maximum atomic E-state index is 13.4. The number of hydrogen-bond acceptors (Lipinski definition) is 3. The molecule has 0 saturated heterocycles. The molecule has 5 nitrogen and oxygen atoms in total. The first-order chi connectivity index (χ1) is 9.83. The molecule has 1 amide bonds. The summed E-state index contributed by atoms with van der Waals surface area (Å²) in [5, 5.41) is 2.65. The number of halogens is 2. The van der Waals surface area contributed by atoms with Crippen molar-refractivity contribution in [3.05, 3.63) is 29.8 Å². The number of nitrogens with one attached hydrogen (secondary N) is 1. The number of nitrogens with zero attached hydrogens (tertiary/aromatic N) is 1. The molecule has 1 aromatic rings. The molecule has 1 rings (SSSR count). The van der Waals surface area contributed by atoms with Crippen molar-refractivity contribution in [3.63, 3.8) is 0 Å². The third kappa shape index (κ3) is 4.66. The fourth-order valence-corrected chi connectivity index (χ4v) is 3.07. The van der Waals surface area contributed by atoms with Crippen LogP contribution in [0.5, 0.6) is 0 Å². The van der Waals surface area contributed by atoms with Crippen molar-refractivity contribution in [3.8, 4) is 0 Å². The zero-order valence-corrected chi connectivity index (χ0v) is 14.0. The van der Waals surface area contributed by atoms with E-state index in [0.29, 0.717) is 0 Å². The maximum Gasteiger partial charge on any atom is 0.244 e. The number of rotatable bonds is 4. The Morgan fingerprint density at radius 3 is 2.18 bits per heavy atom. The van der Waals surface area contributed by atoms with Crippen molar-refractivity contribution < 1.29 is 22.0 Å². The zero-order valence-electron chi connectivity index (χ0n) is 13.1. The van der Waals surface area contributed by atoms with Crippen LogP contribution in [0.3, 0.4) is 0 Å². The average Bonchev–Trinajstić information content (AvgIpc) is 2.30. The van der Waals surface area contributed by atoms with Crippen molar-refractivity contribution >= 4 is 21.6 Å². The van der Waals surface area contributed by atoms with Gasteiger partial charge < -0.3 is 5.32 Å². The number of carbonyl (C=O) groups is 1. The smallest absolute Gasteiger partial charge is 0.244 e. The van der Waals surface area contributed by atoms with Gasteiger partial charge in [-0.3, -0.25) is 9.10 Å². The van der Waals surface area contributed by atoms with Gasteiger partial charge in [-0.25, -0.2) is 17.2 Å². The number of amides is 1. The summed E-state index contributed by atoms with van der Waals surface area (Å²) in [5.74, 6) is -2.82. The van der Waals surface area contributed by atoms with E-state index in [0.717, 1.165) is 28.8 Å². The Morgan fingerprint density at radius 1 is 1.23 bits per heavy atom. The Morgan fingerprint density at radius 2 is 1.77 bits per heavy atom. The highest BCUT2D eigenvalue weighted by atomic mass is 32.2. The highest BCUT2D eigenvalue weighted by molar-refractivity contribution is 7.92. The van der Waals surface area contributed by atoms with Gasteiger partial charge in [0, 0.05) is 11.6 Å². The highest BCUT2D eigenvalue weighted by Crippen LogP contribution is 2.23. The van der Waals surface area contributed by atoms with Crippen molar-refractivity contribution in [2.75, 3.05) is 10.6 Å². The Hall–Kier alpha value is -1.70. The molecule has 0 heterocycles. The minimum absolute atomic E-state index is 0.113. The Balaban J connectivity index is 3.25. The Kier molecular flexibility index (Phi) is 5.17. The molecule has 0 aliphatic heterocycles. The van der Waals surface area contributed by atoms with Crippen LogP contribution in [0.1, 0.15) is 27.7 Å². The second kappa shape index (κ2) is 6.20. The molecule has 0 aliphatic carbocycles. The van der Waals surface area contributed by atoms with Crippen LogP contribution in [-0.4, -0.2) is 32.2 Å². The second-order valence-electron chi connectivity index (χ2n) is 6.07. The van der Waals surface area contributed by atoms with E-state index in [1.807, 2.05) is 0 Å². The molecule has 0 spiro atoms. The normalized spacial score (nSPS) is 13.6. The zero-order chi connectivity index (χ0) is 17.3. The lowest BCUT2D eigenvalue weighted by Crippen LogP contribution is -2.52. The molecule has 1 atom stereocenters. The number of benzene rings is 1. The van der Waals surface area contributed by atoms with Crippen LogP contribution in [0, 0.1) is 11.6 Å². The molecular formula is C14H20F2N2O3S. The quantitative estimate of drug-likeness (QED) is 0.916. The second-order valence-corrected chi connectivity index (χ2v) is 7.93. The molecule has 0 radical (unpaired) electrons. The van der Waals surface area contributed by atoms with Gasteiger partial charge in [0.2, 0.25) is 15.9 Å². The molecule has 22 heavy (non-hydrogen) atoms. The van der Waals surface area contributed by atoms with Crippen LogP contribution < -0.4 is 9.62 Å². The van der Waals surface area contributed by atoms with Gasteiger partial charge >= 0.3 is 0 Å². The number of anilines is 1. The SMILES string of the molecule is C[C@@H](C(=O)NC(C)(C)C)N(c1ccc(F)c(F)c1)S(C)(=O)=O. The Bertz CT molecular complexity index is 669. The van der Waals surface area contributed by atoms with E-state index < -0.39 is 39.1 Å². The van der Waals surface area contributed by atoms with Crippen molar-refractivity contribution in [2.45, 2.75) is 39.3 Å². The third-order valence-corrected chi connectivity index (χ3v) is 3.99. The predicted octanol–water partition coefficient (Wildman–Crippen LogP) is 2.03. The minimum Gasteiger partial charge on any atom is -0.350 e. The van der Waals surface area contributed by atoms with Gasteiger partial charge in [0.25, 0.3) is 0 Å². The van der Waals surface area contributed by atoms with Gasteiger partial charge in [-0.05, 0) is 39.8 Å². The Labute approximate surface area is 129 Å². The summed E-state index contributed by atoms with van der Waals surface area (Å²) >= 11 is 0. The van der Waals surface area contributed by atoms with E-state index in [2.05, 4.69) is 5.32 Å². The highest BCUT2D eigenvalue weighted by Gasteiger charge is 2.31. The molecule has 0 aliphatic rings. The number of hydrogen-bond donors (Lipinski definition) is 1. The monoisotopic (exact) mass is 334 g/mol. The van der Waals surface area contributed by atoms with E-state index in [1.54, 1.807) is 20.8 Å². The van der Waals surface area contributed by atoms with Crippen LogP contribution in [-0.2, 0) is 14.8 Å². The van der Waals surface area contributed by atoms with Crippen molar-refractivity contribution in [2.24, 2.45) is 0 Å². The largest absolute Gasteiger partial charge is 0.350 e. The van der Waals surface area contributed by atoms with Crippen LogP contribution >= 0.6 is 0 Å². The molecule has 1 aromatic carbocycles. The van der Waals surface area contributed by atoms with Gasteiger partial charge in [0.05, 0.1) is 11.9 Å². The summed E-state index contributed by atoms with van der Waals surface area (Å²) in [5.41, 5.74) is -0.666. The first kappa shape index (κ1) is 18.3. The first-order valence-corrected chi connectivity index (χ1v) is 8.44. The fraction of sp³-hybridized carbons (Fsp3) is 0.500. The van der Waals surface area contributed by atoms with Gasteiger partial charge in [-0.1, -0.05) is 0 Å². The fourth-order valence-electron chi connectivity index (χ4n) is 1.90. The topological polar surface area (TPSA) is 66.5 Å². The van der Waals surface area contributed by atoms with Gasteiger partial charge in [0.15, 0.2) is 11.6 Å². The van der Waals surface area contributed by atoms with Gasteiger partial charge in [-0.15, -0.1) is 0 Å². The van der Waals surface area contributed by atoms with E-state index in [1.165, 1.54) is 6.92 Å². The maximum absolute atomic E-state index is 13.4. The molecular weight excluding hydrogens is 314 g/mol.